The molecule has 0 aliphatic heterocycles. The molecule has 0 bridgehead atoms. The topological polar surface area (TPSA) is 72.6 Å². The van der Waals surface area contributed by atoms with Gasteiger partial charge in [-0.05, 0) is 35.3 Å². The van der Waals surface area contributed by atoms with Crippen LogP contribution in [0.5, 0.6) is 5.75 Å². The number of ether oxygens (including phenoxy) is 1. The standard InChI is InChI=1S/C11H13BrFNO4/c1-3-11(2,15)6-18-10-8(12)4-7(13)5-9(10)14(16)17/h4-5,15H,3,6H2,1-2H3. The van der Waals surface area contributed by atoms with Gasteiger partial charge in [0.25, 0.3) is 0 Å². The quantitative estimate of drug-likeness (QED) is 0.668. The molecule has 18 heavy (non-hydrogen) atoms. The van der Waals surface area contributed by atoms with E-state index < -0.39 is 22.0 Å². The normalized spacial score (nSPS) is 14.1. The summed E-state index contributed by atoms with van der Waals surface area (Å²) in [6.45, 7) is 3.20. The van der Waals surface area contributed by atoms with Gasteiger partial charge in [0.1, 0.15) is 12.4 Å². The van der Waals surface area contributed by atoms with Gasteiger partial charge in [-0.25, -0.2) is 4.39 Å². The highest BCUT2D eigenvalue weighted by atomic mass is 79.9. The second kappa shape index (κ2) is 5.62. The van der Waals surface area contributed by atoms with Crippen molar-refractivity contribution < 1.29 is 19.2 Å². The van der Waals surface area contributed by atoms with Crippen LogP contribution in [0.25, 0.3) is 0 Å². The lowest BCUT2D eigenvalue weighted by atomic mass is 10.1. The van der Waals surface area contributed by atoms with E-state index in [1.54, 1.807) is 13.8 Å². The molecule has 0 fully saturated rings. The van der Waals surface area contributed by atoms with E-state index >= 15 is 0 Å². The lowest BCUT2D eigenvalue weighted by Crippen LogP contribution is -2.31. The van der Waals surface area contributed by atoms with Crippen molar-refractivity contribution in [3.05, 3.63) is 32.5 Å². The molecule has 5 nitrogen and oxygen atoms in total. The maximum Gasteiger partial charge on any atom is 0.315 e. The largest absolute Gasteiger partial charge is 0.483 e. The molecule has 100 valence electrons. The molecule has 1 unspecified atom stereocenters. The molecule has 0 aromatic heterocycles. The zero-order valence-electron chi connectivity index (χ0n) is 9.94. The van der Waals surface area contributed by atoms with E-state index in [0.717, 1.165) is 12.1 Å². The molecule has 0 saturated heterocycles. The maximum absolute atomic E-state index is 13.1. The summed E-state index contributed by atoms with van der Waals surface area (Å²) in [5.74, 6) is -0.821. The number of rotatable bonds is 5. The SMILES string of the molecule is CCC(C)(O)COc1c(Br)cc(F)cc1[N+](=O)[O-]. The lowest BCUT2D eigenvalue weighted by Gasteiger charge is -2.21. The second-order valence-electron chi connectivity index (χ2n) is 4.13. The van der Waals surface area contributed by atoms with Crippen LogP contribution in [0.15, 0.2) is 16.6 Å². The lowest BCUT2D eigenvalue weighted by molar-refractivity contribution is -0.386. The average molecular weight is 322 g/mol. The first-order valence-electron chi connectivity index (χ1n) is 5.25. The summed E-state index contributed by atoms with van der Waals surface area (Å²) in [6, 6.07) is 1.85. The third-order valence-corrected chi connectivity index (χ3v) is 3.06. The molecule has 0 spiro atoms. The van der Waals surface area contributed by atoms with Crippen molar-refractivity contribution in [2.45, 2.75) is 25.9 Å². The molecule has 0 saturated carbocycles. The molecule has 1 atom stereocenters. The van der Waals surface area contributed by atoms with E-state index in [4.69, 9.17) is 4.74 Å². The van der Waals surface area contributed by atoms with Gasteiger partial charge in [-0.1, -0.05) is 6.92 Å². The van der Waals surface area contributed by atoms with Crippen molar-refractivity contribution in [3.63, 3.8) is 0 Å². The Hall–Kier alpha value is -1.21. The number of nitro benzene ring substituents is 1. The molecule has 0 amide bonds. The van der Waals surface area contributed by atoms with Crippen molar-refractivity contribution in [3.8, 4) is 5.75 Å². The number of hydrogen-bond donors (Lipinski definition) is 1. The van der Waals surface area contributed by atoms with Gasteiger partial charge in [-0.15, -0.1) is 0 Å². The molecule has 7 heteroatoms. The monoisotopic (exact) mass is 321 g/mol. The smallest absolute Gasteiger partial charge is 0.315 e. The minimum absolute atomic E-state index is 0.0878. The highest BCUT2D eigenvalue weighted by Crippen LogP contribution is 2.36. The minimum atomic E-state index is -1.10. The van der Waals surface area contributed by atoms with Gasteiger partial charge in [-0.2, -0.15) is 0 Å². The summed E-state index contributed by atoms with van der Waals surface area (Å²) in [4.78, 5) is 10.1. The first kappa shape index (κ1) is 14.8. The van der Waals surface area contributed by atoms with Crippen LogP contribution in [0.1, 0.15) is 20.3 Å². The van der Waals surface area contributed by atoms with E-state index in [1.807, 2.05) is 0 Å². The number of benzene rings is 1. The zero-order chi connectivity index (χ0) is 13.9. The van der Waals surface area contributed by atoms with Gasteiger partial charge >= 0.3 is 5.69 Å². The van der Waals surface area contributed by atoms with Crippen LogP contribution in [0.2, 0.25) is 0 Å². The Bertz CT molecular complexity index is 465. The van der Waals surface area contributed by atoms with Gasteiger partial charge < -0.3 is 9.84 Å². The molecular weight excluding hydrogens is 309 g/mol. The third-order valence-electron chi connectivity index (χ3n) is 2.47. The van der Waals surface area contributed by atoms with Crippen LogP contribution in [-0.4, -0.2) is 22.2 Å². The van der Waals surface area contributed by atoms with Crippen molar-refractivity contribution in [2.24, 2.45) is 0 Å². The zero-order valence-corrected chi connectivity index (χ0v) is 11.5. The first-order valence-corrected chi connectivity index (χ1v) is 6.05. The molecule has 0 aliphatic carbocycles. The fourth-order valence-electron chi connectivity index (χ4n) is 1.15. The minimum Gasteiger partial charge on any atom is -0.483 e. The van der Waals surface area contributed by atoms with E-state index in [0.29, 0.717) is 6.42 Å². The van der Waals surface area contributed by atoms with E-state index in [1.165, 1.54) is 0 Å². The summed E-state index contributed by atoms with van der Waals surface area (Å²) < 4.78 is 18.4. The van der Waals surface area contributed by atoms with Crippen LogP contribution in [-0.2, 0) is 0 Å². The van der Waals surface area contributed by atoms with Gasteiger partial charge in [0.15, 0.2) is 0 Å². The molecule has 0 aliphatic rings. The van der Waals surface area contributed by atoms with Crippen LogP contribution < -0.4 is 4.74 Å². The molecule has 1 aromatic rings. The highest BCUT2D eigenvalue weighted by Gasteiger charge is 2.24. The Morgan fingerprint density at radius 3 is 2.72 bits per heavy atom. The number of halogens is 2. The number of aliphatic hydroxyl groups is 1. The summed E-state index contributed by atoms with van der Waals surface area (Å²) in [5, 5.41) is 20.6. The highest BCUT2D eigenvalue weighted by molar-refractivity contribution is 9.10. The van der Waals surface area contributed by atoms with Crippen molar-refractivity contribution in [2.75, 3.05) is 6.61 Å². The Morgan fingerprint density at radius 2 is 2.22 bits per heavy atom. The molecule has 1 aromatic carbocycles. The fourth-order valence-corrected chi connectivity index (χ4v) is 1.69. The van der Waals surface area contributed by atoms with Gasteiger partial charge in [0.05, 0.1) is 21.1 Å². The maximum atomic E-state index is 13.1. The van der Waals surface area contributed by atoms with Gasteiger partial charge in [0, 0.05) is 0 Å². The first-order chi connectivity index (χ1) is 8.26. The number of hydrogen-bond acceptors (Lipinski definition) is 4. The van der Waals surface area contributed by atoms with E-state index in [2.05, 4.69) is 15.9 Å². The third kappa shape index (κ3) is 3.64. The predicted molar refractivity (Wildman–Crippen MR) is 67.2 cm³/mol. The average Bonchev–Trinajstić information content (AvgIpc) is 2.26. The predicted octanol–water partition coefficient (Wildman–Crippen LogP) is 3.04. The fraction of sp³-hybridized carbons (Fsp3) is 0.455. The van der Waals surface area contributed by atoms with E-state index in [9.17, 15) is 19.6 Å². The number of nitro groups is 1. The Labute approximate surface area is 112 Å². The molecule has 0 radical (unpaired) electrons. The summed E-state index contributed by atoms with van der Waals surface area (Å²) in [5.41, 5.74) is -1.57. The van der Waals surface area contributed by atoms with E-state index in [-0.39, 0.29) is 16.8 Å². The van der Waals surface area contributed by atoms with Crippen molar-refractivity contribution in [1.82, 2.24) is 0 Å². The Morgan fingerprint density at radius 1 is 1.61 bits per heavy atom. The molecule has 0 heterocycles. The number of nitrogens with zero attached hydrogens (tertiary/aromatic N) is 1. The second-order valence-corrected chi connectivity index (χ2v) is 4.99. The Balaban J connectivity index is 3.04. The van der Waals surface area contributed by atoms with Crippen LogP contribution >= 0.6 is 15.9 Å². The van der Waals surface area contributed by atoms with Crippen molar-refractivity contribution in [1.29, 1.82) is 0 Å². The van der Waals surface area contributed by atoms with Crippen LogP contribution in [0, 0.1) is 15.9 Å². The van der Waals surface area contributed by atoms with Crippen LogP contribution in [0.3, 0.4) is 0 Å². The summed E-state index contributed by atoms with van der Waals surface area (Å²) >= 11 is 3.00. The summed E-state index contributed by atoms with van der Waals surface area (Å²) in [6.07, 6.45) is 0.430. The molecular formula is C11H13BrFNO4. The van der Waals surface area contributed by atoms with Crippen LogP contribution in [0.4, 0.5) is 10.1 Å². The van der Waals surface area contributed by atoms with Gasteiger partial charge in [0.2, 0.25) is 5.75 Å². The van der Waals surface area contributed by atoms with Gasteiger partial charge in [-0.3, -0.25) is 10.1 Å². The molecule has 1 N–H and O–H groups in total. The summed E-state index contributed by atoms with van der Waals surface area (Å²) in [7, 11) is 0. The molecule has 1 rings (SSSR count). The van der Waals surface area contributed by atoms with Crippen molar-refractivity contribution >= 4 is 21.6 Å². The Kier molecular flexibility index (Phi) is 4.64.